The van der Waals surface area contributed by atoms with Crippen LogP contribution in [0.15, 0.2) is 60.7 Å². The summed E-state index contributed by atoms with van der Waals surface area (Å²) in [4.78, 5) is 15.1. The Balaban J connectivity index is 1.51. The third-order valence-electron chi connectivity index (χ3n) is 3.61. The summed E-state index contributed by atoms with van der Waals surface area (Å²) in [6.07, 6.45) is 4.03. The minimum atomic E-state index is -0.123. The van der Waals surface area contributed by atoms with E-state index >= 15 is 0 Å². The highest BCUT2D eigenvalue weighted by Gasteiger charge is 1.99. The van der Waals surface area contributed by atoms with Crippen molar-refractivity contribution in [3.63, 3.8) is 0 Å². The van der Waals surface area contributed by atoms with Crippen LogP contribution in [0.1, 0.15) is 11.3 Å². The smallest absolute Gasteiger partial charge is 0.244 e. The fraction of sp³-hybridized carbons (Fsp3) is 0.105. The molecule has 3 rings (SSSR count). The Labute approximate surface area is 134 Å². The lowest BCUT2D eigenvalue weighted by Gasteiger charge is -2.02. The van der Waals surface area contributed by atoms with Gasteiger partial charge >= 0.3 is 0 Å². The highest BCUT2D eigenvalue weighted by molar-refractivity contribution is 5.92. The van der Waals surface area contributed by atoms with Crippen molar-refractivity contribution in [2.75, 3.05) is 6.54 Å². The average Bonchev–Trinajstić information content (AvgIpc) is 2.98. The number of carbonyl (C=O) groups is 1. The van der Waals surface area contributed by atoms with E-state index in [1.165, 1.54) is 6.08 Å². The number of para-hydroxylation sites is 1. The van der Waals surface area contributed by atoms with E-state index in [-0.39, 0.29) is 11.7 Å². The number of nitrogens with one attached hydrogen (secondary N) is 2. The van der Waals surface area contributed by atoms with Gasteiger partial charge in [0, 0.05) is 23.8 Å². The Bertz CT molecular complexity index is 799. The molecule has 23 heavy (non-hydrogen) atoms. The molecular formula is C19H18N2O2. The zero-order valence-electron chi connectivity index (χ0n) is 12.6. The van der Waals surface area contributed by atoms with Crippen molar-refractivity contribution in [2.45, 2.75) is 6.42 Å². The maximum atomic E-state index is 11.8. The van der Waals surface area contributed by atoms with Gasteiger partial charge in [0.25, 0.3) is 0 Å². The number of amides is 1. The molecule has 0 aliphatic carbocycles. The molecule has 0 radical (unpaired) electrons. The molecule has 0 spiro atoms. The highest BCUT2D eigenvalue weighted by Crippen LogP contribution is 2.15. The minimum Gasteiger partial charge on any atom is -0.508 e. The molecule has 0 atom stereocenters. The summed E-state index contributed by atoms with van der Waals surface area (Å²) in [6, 6.07) is 17.0. The SMILES string of the molecule is O=C(C=Cc1cc2ccccc2[nH]1)NCCc1ccc(O)cc1. The minimum absolute atomic E-state index is 0.123. The molecule has 2 aromatic carbocycles. The summed E-state index contributed by atoms with van der Waals surface area (Å²) in [5, 5.41) is 13.2. The van der Waals surface area contributed by atoms with Crippen LogP contribution in [-0.4, -0.2) is 22.5 Å². The largest absolute Gasteiger partial charge is 0.508 e. The number of carbonyl (C=O) groups excluding carboxylic acids is 1. The molecule has 1 heterocycles. The molecule has 3 aromatic rings. The summed E-state index contributed by atoms with van der Waals surface area (Å²) in [6.45, 7) is 0.556. The highest BCUT2D eigenvalue weighted by atomic mass is 16.3. The molecule has 0 saturated heterocycles. The zero-order valence-corrected chi connectivity index (χ0v) is 12.6. The van der Waals surface area contributed by atoms with E-state index in [1.54, 1.807) is 18.2 Å². The van der Waals surface area contributed by atoms with Crippen LogP contribution >= 0.6 is 0 Å². The second kappa shape index (κ2) is 6.83. The third kappa shape index (κ3) is 4.01. The van der Waals surface area contributed by atoms with E-state index < -0.39 is 0 Å². The summed E-state index contributed by atoms with van der Waals surface area (Å²) in [5.41, 5.74) is 3.03. The van der Waals surface area contributed by atoms with Gasteiger partial charge in [0.05, 0.1) is 0 Å². The standard InChI is InChI=1S/C19H18N2O2/c22-17-8-5-14(6-9-17)11-12-20-19(23)10-7-16-13-15-3-1-2-4-18(15)21-16/h1-10,13,21-22H,11-12H2,(H,20,23). The van der Waals surface area contributed by atoms with Crippen molar-refractivity contribution in [3.05, 3.63) is 71.9 Å². The van der Waals surface area contributed by atoms with Gasteiger partial charge in [0.15, 0.2) is 0 Å². The predicted molar refractivity (Wildman–Crippen MR) is 92.2 cm³/mol. The summed E-state index contributed by atoms with van der Waals surface area (Å²) in [5.74, 6) is 0.126. The Hall–Kier alpha value is -3.01. The first-order chi connectivity index (χ1) is 11.2. The van der Waals surface area contributed by atoms with Crippen LogP contribution < -0.4 is 5.32 Å². The fourth-order valence-electron chi connectivity index (χ4n) is 2.40. The molecule has 1 aromatic heterocycles. The van der Waals surface area contributed by atoms with E-state index in [0.717, 1.165) is 28.6 Å². The molecule has 0 bridgehead atoms. The van der Waals surface area contributed by atoms with Crippen LogP contribution in [0.25, 0.3) is 17.0 Å². The molecule has 0 aliphatic rings. The second-order valence-corrected chi connectivity index (χ2v) is 5.35. The van der Waals surface area contributed by atoms with Gasteiger partial charge in [-0.1, -0.05) is 30.3 Å². The quantitative estimate of drug-likeness (QED) is 0.634. The van der Waals surface area contributed by atoms with Gasteiger partial charge < -0.3 is 15.4 Å². The lowest BCUT2D eigenvalue weighted by molar-refractivity contribution is -0.116. The number of phenols is 1. The molecule has 3 N–H and O–H groups in total. The van der Waals surface area contributed by atoms with Crippen LogP contribution in [0.3, 0.4) is 0 Å². The number of fused-ring (bicyclic) bond motifs is 1. The van der Waals surface area contributed by atoms with Gasteiger partial charge in [-0.05, 0) is 47.7 Å². The number of H-pyrrole nitrogens is 1. The van der Waals surface area contributed by atoms with E-state index in [4.69, 9.17) is 0 Å². The maximum Gasteiger partial charge on any atom is 0.244 e. The summed E-state index contributed by atoms with van der Waals surface area (Å²) < 4.78 is 0. The van der Waals surface area contributed by atoms with Crippen LogP contribution in [0.5, 0.6) is 5.75 Å². The van der Waals surface area contributed by atoms with E-state index in [2.05, 4.69) is 10.3 Å². The Kier molecular flexibility index (Phi) is 4.43. The zero-order chi connectivity index (χ0) is 16.1. The molecular weight excluding hydrogens is 288 g/mol. The van der Waals surface area contributed by atoms with Crippen molar-refractivity contribution in [2.24, 2.45) is 0 Å². The van der Waals surface area contributed by atoms with Crippen molar-refractivity contribution in [1.29, 1.82) is 0 Å². The van der Waals surface area contributed by atoms with Gasteiger partial charge in [-0.2, -0.15) is 0 Å². The number of hydrogen-bond acceptors (Lipinski definition) is 2. The molecule has 0 saturated carbocycles. The van der Waals surface area contributed by atoms with E-state index in [0.29, 0.717) is 6.54 Å². The average molecular weight is 306 g/mol. The molecule has 4 nitrogen and oxygen atoms in total. The monoisotopic (exact) mass is 306 g/mol. The second-order valence-electron chi connectivity index (χ2n) is 5.35. The molecule has 0 aliphatic heterocycles. The number of hydrogen-bond donors (Lipinski definition) is 3. The lowest BCUT2D eigenvalue weighted by Crippen LogP contribution is -2.23. The summed E-state index contributed by atoms with van der Waals surface area (Å²) in [7, 11) is 0. The Morgan fingerprint density at radius 1 is 1.13 bits per heavy atom. The Morgan fingerprint density at radius 2 is 1.91 bits per heavy atom. The molecule has 1 amide bonds. The number of aromatic amines is 1. The van der Waals surface area contributed by atoms with Crippen molar-refractivity contribution in [3.8, 4) is 5.75 Å². The van der Waals surface area contributed by atoms with Crippen LogP contribution in [-0.2, 0) is 11.2 Å². The summed E-state index contributed by atoms with van der Waals surface area (Å²) >= 11 is 0. The first kappa shape index (κ1) is 14.9. The Morgan fingerprint density at radius 3 is 2.70 bits per heavy atom. The van der Waals surface area contributed by atoms with Gasteiger partial charge in [-0.25, -0.2) is 0 Å². The van der Waals surface area contributed by atoms with Gasteiger partial charge in [-0.3, -0.25) is 4.79 Å². The fourth-order valence-corrected chi connectivity index (χ4v) is 2.40. The third-order valence-corrected chi connectivity index (χ3v) is 3.61. The van der Waals surface area contributed by atoms with Crippen LogP contribution in [0.4, 0.5) is 0 Å². The predicted octanol–water partition coefficient (Wildman–Crippen LogP) is 3.25. The van der Waals surface area contributed by atoms with Gasteiger partial charge in [0.1, 0.15) is 5.75 Å². The first-order valence-electron chi connectivity index (χ1n) is 7.52. The van der Waals surface area contributed by atoms with Crippen molar-refractivity contribution in [1.82, 2.24) is 10.3 Å². The lowest BCUT2D eigenvalue weighted by atomic mass is 10.1. The molecule has 116 valence electrons. The molecule has 0 unspecified atom stereocenters. The number of aromatic hydroxyl groups is 1. The van der Waals surface area contributed by atoms with E-state index in [9.17, 15) is 9.90 Å². The number of phenolic OH excluding ortho intramolecular Hbond substituents is 1. The number of aromatic nitrogens is 1. The maximum absolute atomic E-state index is 11.8. The van der Waals surface area contributed by atoms with Crippen molar-refractivity contribution < 1.29 is 9.90 Å². The number of rotatable bonds is 5. The normalized spacial score (nSPS) is 11.1. The first-order valence-corrected chi connectivity index (χ1v) is 7.52. The molecule has 0 fully saturated rings. The van der Waals surface area contributed by atoms with Crippen molar-refractivity contribution >= 4 is 22.9 Å². The van der Waals surface area contributed by atoms with Crippen LogP contribution in [0.2, 0.25) is 0 Å². The van der Waals surface area contributed by atoms with E-state index in [1.807, 2.05) is 42.5 Å². The number of benzene rings is 2. The topological polar surface area (TPSA) is 65.1 Å². The van der Waals surface area contributed by atoms with Gasteiger partial charge in [0.2, 0.25) is 5.91 Å². The van der Waals surface area contributed by atoms with Crippen LogP contribution in [0, 0.1) is 0 Å². The molecule has 4 heteroatoms. The van der Waals surface area contributed by atoms with Gasteiger partial charge in [-0.15, -0.1) is 0 Å².